The quantitative estimate of drug-likeness (QED) is 0.0244. The van der Waals surface area contributed by atoms with Gasteiger partial charge in [0.2, 0.25) is 20.0 Å². The smallest absolute Gasteiger partial charge is 0.431 e. The van der Waals surface area contributed by atoms with E-state index in [0.29, 0.717) is 0 Å². The predicted molar refractivity (Wildman–Crippen MR) is 195 cm³/mol. The van der Waals surface area contributed by atoms with Gasteiger partial charge in [0.25, 0.3) is 22.7 Å². The van der Waals surface area contributed by atoms with Crippen LogP contribution in [0, 0.1) is 17.0 Å². The standard InChI is InChI=1S/C16H22F14N2O3S.C16H22F14N2O2S.H2O2/c1-32(2,33)6-3-5-31-36(34,35)7-4-10(8-11(17,13(19,20)21)14(22,23)24)9-12(18,15(25,26)27)16(28,29)30;1-32(2)6-3-5-31-35(33,34)7-4-10(8-11(17,13(19,20)21)14(22,23)24)9-12(18,15(25,26)27)16(28,29)30;1-2/h10,31H,3-9H2,1-2H3;10,31H,3-9H2,1-2H3;1-2H. The number of alkyl halides is 28. The van der Waals surface area contributed by atoms with E-state index in [-0.39, 0.29) is 32.5 Å². The van der Waals surface area contributed by atoms with Gasteiger partial charge in [-0.15, -0.1) is 0 Å². The van der Waals surface area contributed by atoms with Crippen molar-refractivity contribution in [3.8, 4) is 0 Å². The molecule has 0 aromatic heterocycles. The van der Waals surface area contributed by atoms with Gasteiger partial charge < -0.3 is 14.8 Å². The van der Waals surface area contributed by atoms with Crippen molar-refractivity contribution in [2.24, 2.45) is 11.8 Å². The van der Waals surface area contributed by atoms with Crippen LogP contribution in [0.1, 0.15) is 51.4 Å². The molecule has 0 amide bonds. The number of sulfonamides is 2. The highest BCUT2D eigenvalue weighted by Gasteiger charge is 2.77. The zero-order valence-electron chi connectivity index (χ0n) is 37.3. The van der Waals surface area contributed by atoms with Crippen LogP contribution >= 0.6 is 0 Å². The maximum Gasteiger partial charge on any atom is 0.431 e. The van der Waals surface area contributed by atoms with E-state index in [4.69, 9.17) is 10.5 Å². The van der Waals surface area contributed by atoms with Gasteiger partial charge in [-0.2, -0.15) is 105 Å². The van der Waals surface area contributed by atoms with Crippen LogP contribution in [0.25, 0.3) is 0 Å². The second-order valence-corrected chi connectivity index (χ2v) is 20.4. The molecule has 0 aromatic carbocycles. The number of hydrogen-bond acceptors (Lipinski definition) is 8. The summed E-state index contributed by atoms with van der Waals surface area (Å²) < 4.78 is 415. The molecule has 444 valence electrons. The lowest BCUT2D eigenvalue weighted by molar-refractivity contribution is -0.840. The summed E-state index contributed by atoms with van der Waals surface area (Å²) in [7, 11) is -3.99. The number of rotatable bonds is 24. The fourth-order valence-electron chi connectivity index (χ4n) is 5.81. The topological polar surface area (TPSA) is 159 Å². The van der Waals surface area contributed by atoms with E-state index >= 15 is 0 Å². The molecule has 0 saturated heterocycles. The van der Waals surface area contributed by atoms with E-state index in [2.05, 4.69) is 0 Å². The third-order valence-electron chi connectivity index (χ3n) is 9.76. The molecule has 0 aliphatic rings. The Bertz CT molecular complexity index is 1720. The van der Waals surface area contributed by atoms with E-state index in [9.17, 15) is 145 Å². The van der Waals surface area contributed by atoms with Gasteiger partial charge in [0.1, 0.15) is 0 Å². The fraction of sp³-hybridized carbons (Fsp3) is 1.00. The van der Waals surface area contributed by atoms with Gasteiger partial charge in [-0.3, -0.25) is 10.5 Å². The minimum absolute atomic E-state index is 0.112. The summed E-state index contributed by atoms with van der Waals surface area (Å²) in [5.74, 6) is -9.95. The Morgan fingerprint density at radius 1 is 0.438 bits per heavy atom. The molecular weight excluding hydrogens is 1150 g/mol. The highest BCUT2D eigenvalue weighted by Crippen LogP contribution is 2.57. The summed E-state index contributed by atoms with van der Waals surface area (Å²) >= 11 is 0. The lowest BCUT2D eigenvalue weighted by atomic mass is 9.81. The van der Waals surface area contributed by atoms with Gasteiger partial charge in [-0.1, -0.05) is 0 Å². The molecule has 11 nitrogen and oxygen atoms in total. The Balaban J connectivity index is -0.00000130. The SMILES string of the molecule is CN(C)CCCNS(=O)(=O)CCC(CC(F)(C(F)(F)F)C(F)(F)F)CC(F)(C(F)(F)F)C(F)(F)F.C[N+](C)([O-])CCCNS(=O)(=O)CCC(CC(F)(C(F)(F)F)C(F)(F)F)CC(F)(C(F)(F)F)C(F)(F)F.OO. The normalized spacial score (nSPS) is 15.2. The molecule has 0 atom stereocenters. The number of hydrogen-bond donors (Lipinski definition) is 4. The highest BCUT2D eigenvalue weighted by atomic mass is 32.2. The van der Waals surface area contributed by atoms with Gasteiger partial charge in [-0.25, -0.2) is 43.8 Å². The Hall–Kier alpha value is -2.34. The van der Waals surface area contributed by atoms with Crippen molar-refractivity contribution in [1.29, 1.82) is 0 Å². The van der Waals surface area contributed by atoms with E-state index in [1.54, 1.807) is 28.4 Å². The maximum atomic E-state index is 14.1. The lowest BCUT2D eigenvalue weighted by Gasteiger charge is -2.37. The summed E-state index contributed by atoms with van der Waals surface area (Å²) in [4.78, 5) is 1.58. The van der Waals surface area contributed by atoms with Gasteiger partial charge in [-0.05, 0) is 51.7 Å². The molecule has 0 bridgehead atoms. The van der Waals surface area contributed by atoms with E-state index in [1.165, 1.54) is 0 Å². The zero-order chi connectivity index (χ0) is 59.5. The van der Waals surface area contributed by atoms with Crippen LogP contribution in [-0.4, -0.2) is 175 Å². The maximum absolute atomic E-state index is 14.1. The summed E-state index contributed by atoms with van der Waals surface area (Å²) in [6.07, 6.45) is -71.4. The first-order valence-corrected chi connectivity index (χ1v) is 22.6. The van der Waals surface area contributed by atoms with Crippen molar-refractivity contribution < 1.29 is 155 Å². The van der Waals surface area contributed by atoms with Crippen molar-refractivity contribution in [2.75, 3.05) is 65.9 Å². The van der Waals surface area contributed by atoms with Crippen LogP contribution in [0.3, 0.4) is 0 Å². The second kappa shape index (κ2) is 25.9. The van der Waals surface area contributed by atoms with Crippen molar-refractivity contribution in [1.82, 2.24) is 14.3 Å². The third kappa shape index (κ3) is 22.6. The molecule has 0 heterocycles. The number of nitrogens with one attached hydrogen (secondary N) is 2. The Morgan fingerprint density at radius 3 is 0.822 bits per heavy atom. The molecule has 0 aromatic rings. The number of nitrogens with zero attached hydrogens (tertiary/aromatic N) is 2. The largest absolute Gasteiger partial charge is 0.633 e. The second-order valence-electron chi connectivity index (χ2n) is 16.5. The summed E-state index contributed by atoms with van der Waals surface area (Å²) in [5.41, 5.74) is -25.4. The van der Waals surface area contributed by atoms with Crippen molar-refractivity contribution in [3.63, 3.8) is 0 Å². The summed E-state index contributed by atoms with van der Waals surface area (Å²) in [5, 5.41) is 23.4. The summed E-state index contributed by atoms with van der Waals surface area (Å²) in [6, 6.07) is 0. The summed E-state index contributed by atoms with van der Waals surface area (Å²) in [6.45, 7) is -0.822. The Morgan fingerprint density at radius 2 is 0.644 bits per heavy atom. The van der Waals surface area contributed by atoms with E-state index in [0.717, 1.165) is 14.1 Å². The number of hydroxylamine groups is 3. The molecule has 0 aliphatic carbocycles. The van der Waals surface area contributed by atoms with Crippen LogP contribution in [0.15, 0.2) is 0 Å². The molecule has 73 heavy (non-hydrogen) atoms. The predicted octanol–water partition coefficient (Wildman–Crippen LogP) is 10.6. The monoisotopic (exact) mass is 1190 g/mol. The van der Waals surface area contributed by atoms with E-state index < -0.39 is 165 Å². The van der Waals surface area contributed by atoms with Gasteiger partial charge in [0.15, 0.2) is 0 Å². The van der Waals surface area contributed by atoms with Crippen molar-refractivity contribution >= 4 is 20.0 Å². The van der Waals surface area contributed by atoms with Crippen LogP contribution in [0.4, 0.5) is 123 Å². The average molecular weight is 1190 g/mol. The zero-order valence-corrected chi connectivity index (χ0v) is 38.9. The van der Waals surface area contributed by atoms with Crippen LogP contribution < -0.4 is 9.44 Å². The van der Waals surface area contributed by atoms with Crippen LogP contribution in [0.5, 0.6) is 0 Å². The van der Waals surface area contributed by atoms with Crippen LogP contribution in [-0.2, 0) is 20.0 Å². The molecule has 0 rings (SSSR count). The van der Waals surface area contributed by atoms with Crippen LogP contribution in [0.2, 0.25) is 0 Å². The third-order valence-corrected chi connectivity index (χ3v) is 12.6. The molecule has 0 unspecified atom stereocenters. The van der Waals surface area contributed by atoms with Gasteiger partial charge >= 0.3 is 49.4 Å². The molecule has 0 aliphatic heterocycles. The minimum Gasteiger partial charge on any atom is -0.633 e. The first kappa shape index (κ1) is 74.9. The number of halogens is 28. The van der Waals surface area contributed by atoms with E-state index in [1.807, 2.05) is 0 Å². The van der Waals surface area contributed by atoms with Crippen molar-refractivity contribution in [2.45, 2.75) is 123 Å². The Labute approximate surface area is 395 Å². The molecule has 0 fully saturated rings. The number of quaternary nitrogens is 1. The molecule has 41 heteroatoms. The molecule has 0 spiro atoms. The lowest BCUT2D eigenvalue weighted by Crippen LogP contribution is -2.57. The molecule has 0 saturated carbocycles. The first-order chi connectivity index (χ1) is 31.7. The highest BCUT2D eigenvalue weighted by molar-refractivity contribution is 7.89. The molecular formula is C32H46F28N4O7S2. The molecule has 4 N–H and O–H groups in total. The van der Waals surface area contributed by atoms with Gasteiger partial charge in [0.05, 0.1) is 32.1 Å². The fourth-order valence-corrected chi connectivity index (χ4v) is 8.30. The Kier molecular flexibility index (Phi) is 26.5. The first-order valence-electron chi connectivity index (χ1n) is 19.3. The minimum atomic E-state index is -6.90. The molecule has 0 radical (unpaired) electrons. The average Bonchev–Trinajstić information content (AvgIpc) is 3.13. The van der Waals surface area contributed by atoms with Crippen molar-refractivity contribution in [3.05, 3.63) is 5.21 Å². The van der Waals surface area contributed by atoms with Gasteiger partial charge in [0, 0.05) is 45.2 Å².